The summed E-state index contributed by atoms with van der Waals surface area (Å²) in [6.45, 7) is 6.08. The molecular weight excluding hydrogens is 415 g/mol. The number of benzene rings is 1. The highest BCUT2D eigenvalue weighted by molar-refractivity contribution is 5.27. The van der Waals surface area contributed by atoms with Crippen LogP contribution >= 0.6 is 0 Å². The zero-order valence-electron chi connectivity index (χ0n) is 22.1. The van der Waals surface area contributed by atoms with Gasteiger partial charge < -0.3 is 0 Å². The molecule has 190 valence electrons. The summed E-state index contributed by atoms with van der Waals surface area (Å²) in [7, 11) is 0. The number of halogens is 1. The molecule has 3 aliphatic carbocycles. The van der Waals surface area contributed by atoms with Crippen LogP contribution in [0.1, 0.15) is 133 Å². The van der Waals surface area contributed by atoms with Crippen molar-refractivity contribution in [3.8, 4) is 0 Å². The molecule has 0 aliphatic heterocycles. The smallest absolute Gasteiger partial charge is 0.126 e. The van der Waals surface area contributed by atoms with E-state index in [9.17, 15) is 4.39 Å². The van der Waals surface area contributed by atoms with Crippen molar-refractivity contribution >= 4 is 0 Å². The Bertz CT molecular complexity index is 743. The summed E-state index contributed by atoms with van der Waals surface area (Å²) >= 11 is 0. The minimum atomic E-state index is -0.00337. The number of hydrogen-bond donors (Lipinski definition) is 0. The highest BCUT2D eigenvalue weighted by Crippen LogP contribution is 2.50. The highest BCUT2D eigenvalue weighted by atomic mass is 19.1. The molecule has 0 heterocycles. The maximum absolute atomic E-state index is 14.6. The molecule has 4 rings (SSSR count). The summed E-state index contributed by atoms with van der Waals surface area (Å²) in [5.74, 6) is 5.60. The largest absolute Gasteiger partial charge is 0.207 e. The van der Waals surface area contributed by atoms with Crippen LogP contribution in [0.3, 0.4) is 0 Å². The van der Waals surface area contributed by atoms with Gasteiger partial charge in [0.15, 0.2) is 0 Å². The molecule has 1 heteroatoms. The second-order valence-corrected chi connectivity index (χ2v) is 12.3. The maximum Gasteiger partial charge on any atom is 0.126 e. The van der Waals surface area contributed by atoms with Gasteiger partial charge in [0.25, 0.3) is 0 Å². The van der Waals surface area contributed by atoms with Crippen molar-refractivity contribution < 1.29 is 4.39 Å². The lowest BCUT2D eigenvalue weighted by molar-refractivity contribution is 0.0613. The molecule has 4 unspecified atom stereocenters. The van der Waals surface area contributed by atoms with Gasteiger partial charge >= 0.3 is 0 Å². The molecule has 3 saturated carbocycles. The molecule has 0 saturated heterocycles. The number of unbranched alkanes of at least 4 members (excludes halogenated alkanes) is 4. The first kappa shape index (κ1) is 26.0. The molecule has 0 amide bonds. The van der Waals surface area contributed by atoms with Crippen LogP contribution in [0.15, 0.2) is 30.9 Å². The minimum Gasteiger partial charge on any atom is -0.207 e. The summed E-state index contributed by atoms with van der Waals surface area (Å²) in [4.78, 5) is 0. The molecule has 0 N–H and O–H groups in total. The third kappa shape index (κ3) is 6.98. The molecule has 0 nitrogen and oxygen atoms in total. The van der Waals surface area contributed by atoms with E-state index >= 15 is 0 Å². The Balaban J connectivity index is 1.19. The van der Waals surface area contributed by atoms with Gasteiger partial charge in [-0.15, -0.1) is 6.58 Å². The van der Waals surface area contributed by atoms with Gasteiger partial charge in [-0.2, -0.15) is 0 Å². The molecule has 3 aliphatic rings. The van der Waals surface area contributed by atoms with Crippen LogP contribution in [0.2, 0.25) is 0 Å². The van der Waals surface area contributed by atoms with Crippen LogP contribution in [0.25, 0.3) is 0 Å². The topological polar surface area (TPSA) is 0 Å². The maximum atomic E-state index is 14.6. The molecule has 34 heavy (non-hydrogen) atoms. The van der Waals surface area contributed by atoms with Crippen LogP contribution in [0, 0.1) is 35.4 Å². The first-order chi connectivity index (χ1) is 16.7. The van der Waals surface area contributed by atoms with Gasteiger partial charge in [0.2, 0.25) is 0 Å². The Labute approximate surface area is 210 Å². The van der Waals surface area contributed by atoms with Crippen LogP contribution in [0.4, 0.5) is 4.39 Å². The average molecular weight is 467 g/mol. The Hall–Kier alpha value is -1.11. The van der Waals surface area contributed by atoms with Gasteiger partial charge in [-0.05, 0) is 123 Å². The number of allylic oxidation sites excluding steroid dienone is 1. The number of rotatable bonds is 11. The lowest BCUT2D eigenvalue weighted by atomic mass is 9.60. The van der Waals surface area contributed by atoms with E-state index in [1.54, 1.807) is 6.42 Å². The van der Waals surface area contributed by atoms with Crippen molar-refractivity contribution in [3.63, 3.8) is 0 Å². The number of fused-ring (bicyclic) bond motifs is 1. The van der Waals surface area contributed by atoms with E-state index in [0.717, 1.165) is 48.0 Å². The third-order valence-electron chi connectivity index (χ3n) is 10.1. The molecular formula is C33H51F. The second kappa shape index (κ2) is 13.3. The molecule has 3 fully saturated rings. The first-order valence-corrected chi connectivity index (χ1v) is 15.1. The van der Waals surface area contributed by atoms with Crippen molar-refractivity contribution in [1.82, 2.24) is 0 Å². The van der Waals surface area contributed by atoms with Crippen LogP contribution < -0.4 is 0 Å². The molecule has 0 spiro atoms. The van der Waals surface area contributed by atoms with Gasteiger partial charge in [0.05, 0.1) is 0 Å². The Morgan fingerprint density at radius 3 is 2.24 bits per heavy atom. The average Bonchev–Trinajstić information content (AvgIpc) is 2.87. The molecule has 4 atom stereocenters. The van der Waals surface area contributed by atoms with Gasteiger partial charge in [-0.1, -0.05) is 70.1 Å². The second-order valence-electron chi connectivity index (χ2n) is 12.3. The van der Waals surface area contributed by atoms with E-state index in [0.29, 0.717) is 5.92 Å². The van der Waals surface area contributed by atoms with E-state index in [2.05, 4.69) is 19.6 Å². The summed E-state index contributed by atoms with van der Waals surface area (Å²) < 4.78 is 14.6. The molecule has 0 bridgehead atoms. The van der Waals surface area contributed by atoms with Crippen LogP contribution in [-0.4, -0.2) is 0 Å². The van der Waals surface area contributed by atoms with Crippen molar-refractivity contribution in [2.75, 3.05) is 0 Å². The molecule has 0 aromatic heterocycles. The number of hydrogen-bond acceptors (Lipinski definition) is 0. The first-order valence-electron chi connectivity index (χ1n) is 15.1. The monoisotopic (exact) mass is 466 g/mol. The van der Waals surface area contributed by atoms with Crippen molar-refractivity contribution in [2.24, 2.45) is 29.6 Å². The zero-order chi connectivity index (χ0) is 23.8. The fraction of sp³-hybridized carbons (Fsp3) is 0.758. The Morgan fingerprint density at radius 2 is 1.50 bits per heavy atom. The minimum absolute atomic E-state index is 0.00337. The molecule has 0 radical (unpaired) electrons. The van der Waals surface area contributed by atoms with Gasteiger partial charge in [0.1, 0.15) is 5.82 Å². The summed E-state index contributed by atoms with van der Waals surface area (Å²) in [6.07, 6.45) is 26.6. The predicted molar refractivity (Wildman–Crippen MR) is 145 cm³/mol. The molecule has 1 aromatic carbocycles. The predicted octanol–water partition coefficient (Wildman–Crippen LogP) is 10.4. The lowest BCUT2D eigenvalue weighted by Gasteiger charge is -2.45. The quantitative estimate of drug-likeness (QED) is 0.225. The zero-order valence-corrected chi connectivity index (χ0v) is 22.1. The van der Waals surface area contributed by atoms with Gasteiger partial charge in [0, 0.05) is 0 Å². The standard InChI is InChI=1S/C33H51F/c1-3-5-7-8-9-10-25-12-13-31-23-30(21-20-29(31)22-25)26-14-16-27(17-15-26)32-19-18-28(11-6-4-2)33(34)24-32/h4,18-19,24-27,29-31H,2-3,5-17,20-23H2,1H3. The van der Waals surface area contributed by atoms with Gasteiger partial charge in [-0.3, -0.25) is 0 Å². The van der Waals surface area contributed by atoms with E-state index in [1.165, 1.54) is 102 Å². The Kier molecular flexibility index (Phi) is 10.1. The normalized spacial score (nSPS) is 31.7. The Morgan fingerprint density at radius 1 is 0.824 bits per heavy atom. The van der Waals surface area contributed by atoms with Crippen molar-refractivity contribution in [1.29, 1.82) is 0 Å². The van der Waals surface area contributed by atoms with E-state index in [-0.39, 0.29) is 5.82 Å². The van der Waals surface area contributed by atoms with Crippen molar-refractivity contribution in [3.05, 3.63) is 47.8 Å². The fourth-order valence-corrected chi connectivity index (χ4v) is 7.95. The van der Waals surface area contributed by atoms with E-state index in [1.807, 2.05) is 18.2 Å². The fourth-order valence-electron chi connectivity index (χ4n) is 7.95. The van der Waals surface area contributed by atoms with Gasteiger partial charge in [-0.25, -0.2) is 4.39 Å². The summed E-state index contributed by atoms with van der Waals surface area (Å²) in [5.41, 5.74) is 2.09. The van der Waals surface area contributed by atoms with E-state index < -0.39 is 0 Å². The summed E-state index contributed by atoms with van der Waals surface area (Å²) in [6, 6.07) is 6.08. The highest BCUT2D eigenvalue weighted by Gasteiger charge is 2.38. The number of aryl methyl sites for hydroxylation is 1. The van der Waals surface area contributed by atoms with Crippen LogP contribution in [0.5, 0.6) is 0 Å². The summed E-state index contributed by atoms with van der Waals surface area (Å²) in [5, 5.41) is 0. The van der Waals surface area contributed by atoms with E-state index in [4.69, 9.17) is 0 Å². The third-order valence-corrected chi connectivity index (χ3v) is 10.1. The van der Waals surface area contributed by atoms with Crippen LogP contribution in [-0.2, 0) is 6.42 Å². The SMILES string of the molecule is C=CCCc1ccc(C2CCC(C3CCC4CC(CCCCCCC)CCC4C3)CC2)cc1F. The molecule has 1 aromatic rings. The van der Waals surface area contributed by atoms with Crippen molar-refractivity contribution in [2.45, 2.75) is 128 Å². The lowest BCUT2D eigenvalue weighted by Crippen LogP contribution is -2.34.